The number of fused-ring (bicyclic) bond motifs is 7. The summed E-state index contributed by atoms with van der Waals surface area (Å²) in [5.74, 6) is 0.980. The average Bonchev–Trinajstić information content (AvgIpc) is 3.74. The monoisotopic (exact) mass is 732 g/mol. The Kier molecular flexibility index (Phi) is 8.91. The van der Waals surface area contributed by atoms with Gasteiger partial charge in [0.2, 0.25) is 5.91 Å². The molecule has 4 saturated carbocycles. The fourth-order valence-corrected chi connectivity index (χ4v) is 15.2. The van der Waals surface area contributed by atoms with Gasteiger partial charge in [-0.3, -0.25) is 4.79 Å². The zero-order valence-electron chi connectivity index (χ0n) is 31.2. The fraction of sp³-hybridized carbons (Fsp3) is 0.619. The third-order valence-corrected chi connectivity index (χ3v) is 18.5. The maximum Gasteiger partial charge on any atom is 0.335 e. The number of carboxylic acid groups (broad SMARTS) is 1. The van der Waals surface area contributed by atoms with Gasteiger partial charge in [-0.05, 0) is 151 Å². The van der Waals surface area contributed by atoms with E-state index in [1.807, 2.05) is 12.1 Å². The average molecular weight is 733 g/mol. The maximum atomic E-state index is 13.6. The van der Waals surface area contributed by atoms with Gasteiger partial charge >= 0.3 is 5.97 Å². The first-order chi connectivity index (χ1) is 23.9. The Morgan fingerprint density at radius 3 is 2.29 bits per heavy atom. The van der Waals surface area contributed by atoms with Crippen LogP contribution in [0.25, 0.3) is 5.57 Å². The zero-order valence-corrected chi connectivity index (χ0v) is 32.8. The highest BCUT2D eigenvalue weighted by atomic mass is 32.2. The van der Waals surface area contributed by atoms with Crippen molar-refractivity contribution >= 4 is 38.8 Å². The van der Waals surface area contributed by atoms with Gasteiger partial charge in [0.25, 0.3) is 10.0 Å². The molecule has 9 heteroatoms. The second kappa shape index (κ2) is 12.4. The smallest absolute Gasteiger partial charge is 0.335 e. The SMILES string of the molecule is C=C(C)[C@@H]1CC[C@]2(NC(=O)CNS(=O)(=O)c3cccs3)CC[C@]3(C)[C@H](CCC4[C@@]5(C)CC=C(c6ccc(C(=O)O)cc6)C(C)(C)C5CC[C@]43C)C12. The van der Waals surface area contributed by atoms with Crippen LogP contribution in [0.15, 0.2) is 64.2 Å². The van der Waals surface area contributed by atoms with Gasteiger partial charge in [0, 0.05) is 5.54 Å². The third kappa shape index (κ3) is 5.53. The molecule has 3 unspecified atom stereocenters. The van der Waals surface area contributed by atoms with Crippen molar-refractivity contribution < 1.29 is 23.1 Å². The van der Waals surface area contributed by atoms with Crippen LogP contribution in [0.2, 0.25) is 0 Å². The van der Waals surface area contributed by atoms with Crippen molar-refractivity contribution in [1.82, 2.24) is 10.0 Å². The van der Waals surface area contributed by atoms with Crippen molar-refractivity contribution in [3.05, 3.63) is 71.1 Å². The number of allylic oxidation sites excluding steroid dienone is 3. The van der Waals surface area contributed by atoms with Crippen LogP contribution in [0.1, 0.15) is 115 Å². The topological polar surface area (TPSA) is 113 Å². The van der Waals surface area contributed by atoms with Gasteiger partial charge in [-0.2, -0.15) is 0 Å². The van der Waals surface area contributed by atoms with Gasteiger partial charge < -0.3 is 10.4 Å². The van der Waals surface area contributed by atoms with Gasteiger partial charge in [-0.1, -0.05) is 71.0 Å². The number of aromatic carboxylic acids is 1. The molecule has 0 saturated heterocycles. The van der Waals surface area contributed by atoms with Crippen LogP contribution in [-0.2, 0) is 14.8 Å². The minimum absolute atomic E-state index is 0.0512. The lowest BCUT2D eigenvalue weighted by Gasteiger charge is -2.72. The summed E-state index contributed by atoms with van der Waals surface area (Å²) in [6.45, 7) is 19.0. The molecule has 0 bridgehead atoms. The number of carbonyl (C=O) groups is 2. The molecule has 1 amide bonds. The Hall–Kier alpha value is -2.75. The van der Waals surface area contributed by atoms with Gasteiger partial charge in [-0.15, -0.1) is 11.3 Å². The number of sulfonamides is 1. The van der Waals surface area contributed by atoms with E-state index in [9.17, 15) is 23.1 Å². The molecule has 4 fully saturated rings. The van der Waals surface area contributed by atoms with Crippen molar-refractivity contribution in [1.29, 1.82) is 0 Å². The molecule has 0 radical (unpaired) electrons. The Balaban J connectivity index is 1.16. The number of rotatable bonds is 8. The first-order valence-electron chi connectivity index (χ1n) is 18.9. The van der Waals surface area contributed by atoms with Crippen LogP contribution in [0.5, 0.6) is 0 Å². The van der Waals surface area contributed by atoms with E-state index in [0.29, 0.717) is 29.2 Å². The first kappa shape index (κ1) is 36.6. The lowest BCUT2D eigenvalue weighted by Crippen LogP contribution is -2.68. The number of benzene rings is 1. The highest BCUT2D eigenvalue weighted by Crippen LogP contribution is 2.76. The number of nitrogens with one attached hydrogen (secondary N) is 2. The van der Waals surface area contributed by atoms with Gasteiger partial charge in [0.1, 0.15) is 4.21 Å². The van der Waals surface area contributed by atoms with E-state index in [4.69, 9.17) is 0 Å². The van der Waals surface area contributed by atoms with Crippen LogP contribution in [0.4, 0.5) is 0 Å². The molecule has 5 aliphatic rings. The molecule has 2 aromatic rings. The Morgan fingerprint density at radius 1 is 0.922 bits per heavy atom. The highest BCUT2D eigenvalue weighted by Gasteiger charge is 2.70. The van der Waals surface area contributed by atoms with Crippen LogP contribution in [0, 0.1) is 51.2 Å². The van der Waals surface area contributed by atoms with E-state index in [0.717, 1.165) is 61.8 Å². The number of thiophene rings is 1. The van der Waals surface area contributed by atoms with Crippen molar-refractivity contribution in [2.75, 3.05) is 6.54 Å². The summed E-state index contributed by atoms with van der Waals surface area (Å²) in [6.07, 6.45) is 12.0. The van der Waals surface area contributed by atoms with Gasteiger partial charge in [-0.25, -0.2) is 17.9 Å². The first-order valence-corrected chi connectivity index (χ1v) is 21.3. The predicted molar refractivity (Wildman–Crippen MR) is 204 cm³/mol. The van der Waals surface area contributed by atoms with E-state index in [1.165, 1.54) is 24.0 Å². The van der Waals surface area contributed by atoms with Crippen LogP contribution in [0.3, 0.4) is 0 Å². The number of hydrogen-bond donors (Lipinski definition) is 3. The minimum atomic E-state index is -3.73. The second-order valence-electron chi connectivity index (χ2n) is 18.1. The van der Waals surface area contributed by atoms with Crippen LogP contribution in [-0.4, -0.2) is 37.5 Å². The Labute approximate surface area is 308 Å². The summed E-state index contributed by atoms with van der Waals surface area (Å²) in [5, 5.41) is 14.7. The Bertz CT molecular complexity index is 1870. The van der Waals surface area contributed by atoms with Crippen molar-refractivity contribution in [2.24, 2.45) is 51.2 Å². The summed E-state index contributed by atoms with van der Waals surface area (Å²) in [7, 11) is -3.73. The molecular formula is C42H56N2O5S2. The largest absolute Gasteiger partial charge is 0.478 e. The lowest BCUT2D eigenvalue weighted by molar-refractivity contribution is -0.219. The number of hydrogen-bond acceptors (Lipinski definition) is 5. The van der Waals surface area contributed by atoms with Gasteiger partial charge in [0.05, 0.1) is 12.1 Å². The predicted octanol–water partition coefficient (Wildman–Crippen LogP) is 8.94. The molecule has 7 rings (SSSR count). The molecule has 1 aromatic carbocycles. The maximum absolute atomic E-state index is 13.6. The molecule has 276 valence electrons. The van der Waals surface area contributed by atoms with Crippen molar-refractivity contribution in [2.45, 2.75) is 109 Å². The quantitative estimate of drug-likeness (QED) is 0.235. The summed E-state index contributed by atoms with van der Waals surface area (Å²) in [4.78, 5) is 25.2. The summed E-state index contributed by atoms with van der Waals surface area (Å²) >= 11 is 1.15. The van der Waals surface area contributed by atoms with E-state index < -0.39 is 16.0 Å². The summed E-state index contributed by atoms with van der Waals surface area (Å²) in [5.41, 5.74) is 3.97. The number of amides is 1. The Morgan fingerprint density at radius 2 is 1.65 bits per heavy atom. The summed E-state index contributed by atoms with van der Waals surface area (Å²) in [6, 6.07) is 10.7. The fourth-order valence-electron chi connectivity index (χ4n) is 13.2. The molecule has 0 spiro atoms. The third-order valence-electron chi connectivity index (χ3n) is 15.7. The highest BCUT2D eigenvalue weighted by molar-refractivity contribution is 7.91. The lowest BCUT2D eigenvalue weighted by atomic mass is 9.33. The number of carboxylic acids is 1. The number of carbonyl (C=O) groups excluding carboxylic acids is 1. The second-order valence-corrected chi connectivity index (χ2v) is 21.0. The standard InChI is InChI=1S/C42H56N2O5S2/c1-26(2)29-16-21-42(44-34(45)25-43-51(48,49)35-9-8-24-50-35)23-22-40(6)31(36(29)42)14-15-33-39(5)19-17-30(27-10-12-28(13-11-27)37(46)47)38(3,4)32(39)18-20-41(33,40)7/h8-13,17,24,29,31-33,36,43H,1,14-16,18-23,25H2,2-7H3,(H,44,45)(H,46,47)/t29-,31+,32?,33?,36?,39-,40+,41+,42-/m0/s1. The van der Waals surface area contributed by atoms with E-state index in [-0.39, 0.29) is 49.8 Å². The molecule has 5 aliphatic carbocycles. The molecular weight excluding hydrogens is 677 g/mol. The molecule has 1 aromatic heterocycles. The van der Waals surface area contributed by atoms with Crippen LogP contribution >= 0.6 is 11.3 Å². The normalized spacial score (nSPS) is 38.3. The molecule has 51 heavy (non-hydrogen) atoms. The van der Waals surface area contributed by atoms with Crippen molar-refractivity contribution in [3.63, 3.8) is 0 Å². The molecule has 0 aliphatic heterocycles. The van der Waals surface area contributed by atoms with E-state index in [1.54, 1.807) is 29.6 Å². The molecule has 9 atom stereocenters. The van der Waals surface area contributed by atoms with E-state index in [2.05, 4.69) is 64.2 Å². The molecule has 3 N–H and O–H groups in total. The van der Waals surface area contributed by atoms with Crippen molar-refractivity contribution in [3.8, 4) is 0 Å². The summed E-state index contributed by atoms with van der Waals surface area (Å²) < 4.78 is 28.4. The van der Waals surface area contributed by atoms with Crippen LogP contribution < -0.4 is 10.0 Å². The van der Waals surface area contributed by atoms with E-state index >= 15 is 0 Å². The van der Waals surface area contributed by atoms with Gasteiger partial charge in [0.15, 0.2) is 0 Å². The molecule has 1 heterocycles. The minimum Gasteiger partial charge on any atom is -0.478 e. The molecule has 7 nitrogen and oxygen atoms in total. The zero-order chi connectivity index (χ0) is 36.8.